The van der Waals surface area contributed by atoms with E-state index in [9.17, 15) is 14.4 Å². The van der Waals surface area contributed by atoms with Gasteiger partial charge < -0.3 is 24.1 Å². The van der Waals surface area contributed by atoms with Crippen molar-refractivity contribution in [2.45, 2.75) is 19.9 Å². The average molecular weight is 696 g/mol. The first-order chi connectivity index (χ1) is 19.1. The van der Waals surface area contributed by atoms with Crippen LogP contribution in [-0.4, -0.2) is 49.0 Å². The fourth-order valence-corrected chi connectivity index (χ4v) is 6.28. The van der Waals surface area contributed by atoms with E-state index in [-0.39, 0.29) is 17.7 Å². The molecule has 13 heteroatoms. The summed E-state index contributed by atoms with van der Waals surface area (Å²) >= 11 is 8.15. The van der Waals surface area contributed by atoms with Crippen LogP contribution in [0.25, 0.3) is 6.08 Å². The van der Waals surface area contributed by atoms with Crippen molar-refractivity contribution in [1.82, 2.24) is 4.57 Å². The number of aliphatic carboxylic acids is 1. The van der Waals surface area contributed by atoms with E-state index in [1.54, 1.807) is 50.3 Å². The number of carboxylic acid groups (broad SMARTS) is 1. The molecule has 4 rings (SSSR count). The van der Waals surface area contributed by atoms with E-state index in [0.717, 1.165) is 0 Å². The fourth-order valence-electron chi connectivity index (χ4n) is 4.18. The Morgan fingerprint density at radius 2 is 1.80 bits per heavy atom. The highest BCUT2D eigenvalue weighted by molar-refractivity contribution is 9.10. The maximum atomic E-state index is 13.9. The SMILES string of the molecule is CCOC(=O)C1=C(C)N=c2s/c(=C/c3ccc(OCC(=O)O)c(Br)c3)c(=O)n2[C@@H]1c1cc(OC)c(OC)cc1Br. The van der Waals surface area contributed by atoms with Crippen LogP contribution in [0.5, 0.6) is 17.2 Å². The first kappa shape index (κ1) is 29.6. The number of rotatable bonds is 9. The summed E-state index contributed by atoms with van der Waals surface area (Å²) in [7, 11) is 3.02. The number of nitrogens with zero attached hydrogens (tertiary/aromatic N) is 2. The Morgan fingerprint density at radius 3 is 2.42 bits per heavy atom. The van der Waals surface area contributed by atoms with Crippen LogP contribution in [0.1, 0.15) is 31.0 Å². The van der Waals surface area contributed by atoms with E-state index in [1.165, 1.54) is 30.1 Å². The van der Waals surface area contributed by atoms with Gasteiger partial charge in [-0.1, -0.05) is 33.3 Å². The number of carbonyl (C=O) groups is 2. The molecule has 2 aromatic carbocycles. The molecule has 0 fully saturated rings. The summed E-state index contributed by atoms with van der Waals surface area (Å²) in [6, 6.07) is 7.61. The molecule has 1 aliphatic rings. The number of hydrogen-bond acceptors (Lipinski definition) is 9. The number of methoxy groups -OCH3 is 2. The molecular weight excluding hydrogens is 672 g/mol. The largest absolute Gasteiger partial charge is 0.493 e. The topological polar surface area (TPSA) is 126 Å². The molecular formula is C27H24Br2N2O8S. The Kier molecular flexibility index (Phi) is 9.16. The van der Waals surface area contributed by atoms with Gasteiger partial charge in [-0.25, -0.2) is 14.6 Å². The number of hydrogen-bond donors (Lipinski definition) is 1. The van der Waals surface area contributed by atoms with Crippen molar-refractivity contribution in [2.24, 2.45) is 4.99 Å². The van der Waals surface area contributed by atoms with Crippen molar-refractivity contribution < 1.29 is 33.6 Å². The third-order valence-corrected chi connectivity index (χ3v) is 8.21. The molecule has 0 saturated heterocycles. The smallest absolute Gasteiger partial charge is 0.341 e. The number of fused-ring (bicyclic) bond motifs is 1. The van der Waals surface area contributed by atoms with Gasteiger partial charge in [0.2, 0.25) is 0 Å². The number of aromatic nitrogens is 1. The van der Waals surface area contributed by atoms with E-state index < -0.39 is 24.6 Å². The van der Waals surface area contributed by atoms with E-state index in [0.29, 0.717) is 52.4 Å². The minimum absolute atomic E-state index is 0.154. The normalized spacial score (nSPS) is 14.8. The predicted molar refractivity (Wildman–Crippen MR) is 155 cm³/mol. The molecule has 0 amide bonds. The second kappa shape index (κ2) is 12.4. The molecule has 0 unspecified atom stereocenters. The molecule has 0 saturated carbocycles. The van der Waals surface area contributed by atoms with Crippen molar-refractivity contribution in [3.8, 4) is 17.2 Å². The van der Waals surface area contributed by atoms with Gasteiger partial charge >= 0.3 is 11.9 Å². The monoisotopic (exact) mass is 694 g/mol. The van der Waals surface area contributed by atoms with Gasteiger partial charge in [-0.3, -0.25) is 9.36 Å². The van der Waals surface area contributed by atoms with Crippen LogP contribution in [0.3, 0.4) is 0 Å². The maximum Gasteiger partial charge on any atom is 0.341 e. The zero-order valence-electron chi connectivity index (χ0n) is 21.8. The minimum atomic E-state index is -1.09. The van der Waals surface area contributed by atoms with Crippen LogP contribution in [0, 0.1) is 0 Å². The molecule has 2 heterocycles. The summed E-state index contributed by atoms with van der Waals surface area (Å²) in [5.74, 6) is -0.411. The molecule has 1 aliphatic heterocycles. The summed E-state index contributed by atoms with van der Waals surface area (Å²) in [6.07, 6.45) is 1.69. The van der Waals surface area contributed by atoms with Gasteiger partial charge in [0.05, 0.1) is 47.1 Å². The molecule has 0 aliphatic carbocycles. The molecule has 1 N–H and O–H groups in total. The Hall–Kier alpha value is -3.42. The number of carboxylic acids is 1. The highest BCUT2D eigenvalue weighted by Gasteiger charge is 2.35. The summed E-state index contributed by atoms with van der Waals surface area (Å²) in [5.41, 5.74) is 1.57. The highest BCUT2D eigenvalue weighted by Crippen LogP contribution is 2.40. The van der Waals surface area contributed by atoms with Crippen LogP contribution in [-0.2, 0) is 14.3 Å². The molecule has 1 aromatic heterocycles. The van der Waals surface area contributed by atoms with E-state index >= 15 is 0 Å². The van der Waals surface area contributed by atoms with Gasteiger partial charge in [-0.15, -0.1) is 0 Å². The maximum absolute atomic E-state index is 13.9. The Balaban J connectivity index is 1.91. The Morgan fingerprint density at radius 1 is 1.10 bits per heavy atom. The van der Waals surface area contributed by atoms with Crippen LogP contribution in [0.15, 0.2) is 60.3 Å². The second-order valence-corrected chi connectivity index (χ2v) is 11.1. The van der Waals surface area contributed by atoms with Gasteiger partial charge in [-0.2, -0.15) is 0 Å². The molecule has 0 radical (unpaired) electrons. The standard InChI is InChI=1S/C27H24Br2N2O8S/c1-5-38-26(35)23-13(2)30-27-31(24(23)15-10-19(36-3)20(37-4)11-16(15)28)25(34)21(40-27)9-14-6-7-18(17(29)8-14)39-12-22(32)33/h6-11,24H,5,12H2,1-4H3,(H,32,33)/b21-9+/t24-/m1/s1. The van der Waals surface area contributed by atoms with Gasteiger partial charge in [0.25, 0.3) is 5.56 Å². The first-order valence-corrected chi connectivity index (χ1v) is 14.2. The zero-order chi connectivity index (χ0) is 29.1. The number of halogens is 2. The third-order valence-electron chi connectivity index (χ3n) is 5.92. The van der Waals surface area contributed by atoms with Crippen molar-refractivity contribution in [1.29, 1.82) is 0 Å². The quantitative estimate of drug-likeness (QED) is 0.335. The molecule has 40 heavy (non-hydrogen) atoms. The fraction of sp³-hybridized carbons (Fsp3) is 0.259. The lowest BCUT2D eigenvalue weighted by Gasteiger charge is -2.26. The van der Waals surface area contributed by atoms with Gasteiger partial charge in [0.1, 0.15) is 5.75 Å². The lowest BCUT2D eigenvalue weighted by atomic mass is 9.95. The molecule has 1 atom stereocenters. The van der Waals surface area contributed by atoms with E-state index in [4.69, 9.17) is 24.1 Å². The van der Waals surface area contributed by atoms with E-state index in [1.807, 2.05) is 0 Å². The van der Waals surface area contributed by atoms with Gasteiger partial charge in [0.15, 0.2) is 22.9 Å². The van der Waals surface area contributed by atoms with Crippen LogP contribution in [0.2, 0.25) is 0 Å². The van der Waals surface area contributed by atoms with E-state index in [2.05, 4.69) is 36.9 Å². The van der Waals surface area contributed by atoms with Crippen molar-refractivity contribution in [2.75, 3.05) is 27.4 Å². The van der Waals surface area contributed by atoms with Crippen molar-refractivity contribution in [3.63, 3.8) is 0 Å². The lowest BCUT2D eigenvalue weighted by Crippen LogP contribution is -2.40. The number of benzene rings is 2. The molecule has 10 nitrogen and oxygen atoms in total. The first-order valence-electron chi connectivity index (χ1n) is 11.8. The summed E-state index contributed by atoms with van der Waals surface area (Å²) in [5, 5.41) is 8.86. The summed E-state index contributed by atoms with van der Waals surface area (Å²) in [6.45, 7) is 3.09. The van der Waals surface area contributed by atoms with Crippen LogP contribution < -0.4 is 29.1 Å². The number of thiazole rings is 1. The number of esters is 1. The van der Waals surface area contributed by atoms with Crippen LogP contribution >= 0.6 is 43.2 Å². The summed E-state index contributed by atoms with van der Waals surface area (Å²) in [4.78, 5) is 42.9. The summed E-state index contributed by atoms with van der Waals surface area (Å²) < 4.78 is 24.5. The molecule has 210 valence electrons. The number of ether oxygens (including phenoxy) is 4. The van der Waals surface area contributed by atoms with Gasteiger partial charge in [-0.05, 0) is 71.2 Å². The average Bonchev–Trinajstić information content (AvgIpc) is 3.21. The Labute approximate surface area is 249 Å². The molecule has 0 spiro atoms. The van der Waals surface area contributed by atoms with Crippen LogP contribution in [0.4, 0.5) is 0 Å². The Bertz CT molecular complexity index is 1710. The minimum Gasteiger partial charge on any atom is -0.493 e. The third kappa shape index (κ3) is 5.86. The molecule has 0 bridgehead atoms. The number of carbonyl (C=O) groups excluding carboxylic acids is 1. The van der Waals surface area contributed by atoms with Crippen molar-refractivity contribution >= 4 is 61.2 Å². The lowest BCUT2D eigenvalue weighted by molar-refractivity contribution is -0.140. The van der Waals surface area contributed by atoms with Gasteiger partial charge in [0, 0.05) is 4.47 Å². The number of allylic oxidation sites excluding steroid dienone is 1. The highest BCUT2D eigenvalue weighted by atomic mass is 79.9. The predicted octanol–water partition coefficient (Wildman–Crippen LogP) is 3.80. The van der Waals surface area contributed by atoms with Crippen molar-refractivity contribution in [3.05, 3.63) is 81.4 Å². The second-order valence-electron chi connectivity index (χ2n) is 8.40. The zero-order valence-corrected chi connectivity index (χ0v) is 25.8. The molecule has 3 aromatic rings.